The predicted molar refractivity (Wildman–Crippen MR) is 79.6 cm³/mol. The Morgan fingerprint density at radius 3 is 2.70 bits per heavy atom. The van der Waals surface area contributed by atoms with Crippen molar-refractivity contribution in [2.75, 3.05) is 5.32 Å². The third-order valence-electron chi connectivity index (χ3n) is 4.05. The van der Waals surface area contributed by atoms with Gasteiger partial charge in [-0.3, -0.25) is 0 Å². The molecule has 0 saturated heterocycles. The minimum atomic E-state index is 0.212. The summed E-state index contributed by atoms with van der Waals surface area (Å²) in [5.74, 6) is 1.25. The summed E-state index contributed by atoms with van der Waals surface area (Å²) in [6, 6.07) is 8.26. The van der Waals surface area contributed by atoms with E-state index in [0.717, 1.165) is 11.3 Å². The molecule has 4 nitrogen and oxygen atoms in total. The first-order valence-electron chi connectivity index (χ1n) is 7.34. The molecule has 20 heavy (non-hydrogen) atoms. The Morgan fingerprint density at radius 2 is 2.00 bits per heavy atom. The monoisotopic (exact) mass is 271 g/mol. The Bertz CT molecular complexity index is 585. The largest absolute Gasteiger partial charge is 0.380 e. The molecule has 2 aromatic rings. The van der Waals surface area contributed by atoms with Crippen molar-refractivity contribution in [1.29, 1.82) is 0 Å². The zero-order chi connectivity index (χ0) is 14.0. The minimum absolute atomic E-state index is 0.212. The highest BCUT2D eigenvalue weighted by atomic mass is 16.5. The van der Waals surface area contributed by atoms with Gasteiger partial charge in [0, 0.05) is 23.7 Å². The van der Waals surface area contributed by atoms with Crippen molar-refractivity contribution in [1.82, 2.24) is 10.1 Å². The van der Waals surface area contributed by atoms with Crippen molar-refractivity contribution in [3.8, 4) is 11.4 Å². The molecule has 106 valence electrons. The van der Waals surface area contributed by atoms with Crippen LogP contribution >= 0.6 is 0 Å². The van der Waals surface area contributed by atoms with Crippen molar-refractivity contribution in [3.63, 3.8) is 0 Å². The van der Waals surface area contributed by atoms with E-state index in [9.17, 15) is 0 Å². The molecule has 3 rings (SSSR count). The van der Waals surface area contributed by atoms with Crippen LogP contribution in [-0.2, 0) is 0 Å². The third kappa shape index (κ3) is 2.84. The number of nitrogens with one attached hydrogen (secondary N) is 1. The van der Waals surface area contributed by atoms with Crippen LogP contribution in [0.2, 0.25) is 0 Å². The van der Waals surface area contributed by atoms with Gasteiger partial charge in [-0.25, -0.2) is 0 Å². The molecule has 1 aromatic carbocycles. The van der Waals surface area contributed by atoms with Crippen molar-refractivity contribution in [2.24, 2.45) is 0 Å². The summed E-state index contributed by atoms with van der Waals surface area (Å²) in [6.45, 7) is 4.12. The van der Waals surface area contributed by atoms with Gasteiger partial charge in [0.1, 0.15) is 0 Å². The molecule has 0 atom stereocenters. The maximum Gasteiger partial charge on any atom is 0.223 e. The smallest absolute Gasteiger partial charge is 0.223 e. The lowest BCUT2D eigenvalue weighted by Crippen LogP contribution is -2.36. The summed E-state index contributed by atoms with van der Waals surface area (Å²) in [6.07, 6.45) is 6.46. The average Bonchev–Trinajstić information content (AvgIpc) is 2.86. The molecule has 1 aliphatic rings. The Hall–Kier alpha value is -1.84. The first kappa shape index (κ1) is 13.2. The van der Waals surface area contributed by atoms with Gasteiger partial charge in [0.05, 0.1) is 0 Å². The van der Waals surface area contributed by atoms with Gasteiger partial charge in [0.25, 0.3) is 0 Å². The first-order chi connectivity index (χ1) is 9.65. The van der Waals surface area contributed by atoms with Crippen LogP contribution in [0.15, 0.2) is 28.8 Å². The van der Waals surface area contributed by atoms with Crippen LogP contribution in [0.25, 0.3) is 11.4 Å². The summed E-state index contributed by atoms with van der Waals surface area (Å²) < 4.78 is 5.05. The van der Waals surface area contributed by atoms with Gasteiger partial charge in [0.2, 0.25) is 11.7 Å². The van der Waals surface area contributed by atoms with E-state index < -0.39 is 0 Å². The van der Waals surface area contributed by atoms with Gasteiger partial charge in [-0.05, 0) is 31.9 Å². The van der Waals surface area contributed by atoms with E-state index in [4.69, 9.17) is 4.52 Å². The zero-order valence-electron chi connectivity index (χ0n) is 12.1. The highest BCUT2D eigenvalue weighted by Gasteiger charge is 2.26. The molecule has 0 unspecified atom stereocenters. The zero-order valence-corrected chi connectivity index (χ0v) is 12.1. The van der Waals surface area contributed by atoms with Crippen LogP contribution in [0.1, 0.15) is 44.9 Å². The highest BCUT2D eigenvalue weighted by molar-refractivity contribution is 5.62. The number of nitrogens with zero attached hydrogens (tertiary/aromatic N) is 2. The molecular formula is C16H21N3O. The number of aromatic nitrogens is 2. The topological polar surface area (TPSA) is 51.0 Å². The van der Waals surface area contributed by atoms with Crippen LogP contribution in [0, 0.1) is 6.92 Å². The number of hydrogen-bond acceptors (Lipinski definition) is 4. The molecule has 4 heteroatoms. The lowest BCUT2D eigenvalue weighted by Gasteiger charge is -2.35. The Balaban J connectivity index is 1.80. The normalized spacial score (nSPS) is 17.9. The van der Waals surface area contributed by atoms with E-state index in [0.29, 0.717) is 11.7 Å². The molecule has 1 fully saturated rings. The Labute approximate surface area is 119 Å². The standard InChI is InChI=1S/C16H21N3O/c1-12-17-15(19-20-12)13-7-6-8-14(11-13)18-16(2)9-4-3-5-10-16/h6-8,11,18H,3-5,9-10H2,1-2H3. The SMILES string of the molecule is Cc1nc(-c2cccc(NC3(C)CCCCC3)c2)no1. The van der Waals surface area contributed by atoms with Crippen LogP contribution < -0.4 is 5.32 Å². The second kappa shape index (κ2) is 5.27. The van der Waals surface area contributed by atoms with E-state index in [1.807, 2.05) is 19.1 Å². The van der Waals surface area contributed by atoms with Crippen molar-refractivity contribution in [2.45, 2.75) is 51.5 Å². The summed E-state index contributed by atoms with van der Waals surface area (Å²) in [5.41, 5.74) is 2.34. The van der Waals surface area contributed by atoms with Gasteiger partial charge in [0.15, 0.2) is 0 Å². The molecule has 1 heterocycles. The number of hydrogen-bond donors (Lipinski definition) is 1. The van der Waals surface area contributed by atoms with Gasteiger partial charge in [-0.15, -0.1) is 0 Å². The minimum Gasteiger partial charge on any atom is -0.380 e. The lowest BCUT2D eigenvalue weighted by atomic mass is 9.83. The summed E-state index contributed by atoms with van der Waals surface area (Å²) >= 11 is 0. The molecule has 0 spiro atoms. The maximum absolute atomic E-state index is 5.05. The number of rotatable bonds is 3. The van der Waals surface area contributed by atoms with Gasteiger partial charge in [-0.2, -0.15) is 4.98 Å². The van der Waals surface area contributed by atoms with Gasteiger partial charge >= 0.3 is 0 Å². The first-order valence-corrected chi connectivity index (χ1v) is 7.34. The fourth-order valence-electron chi connectivity index (χ4n) is 2.96. The summed E-state index contributed by atoms with van der Waals surface area (Å²) in [4.78, 5) is 4.28. The van der Waals surface area contributed by atoms with Gasteiger partial charge in [-0.1, -0.05) is 36.6 Å². The molecule has 0 bridgehead atoms. The quantitative estimate of drug-likeness (QED) is 0.909. The molecule has 1 aromatic heterocycles. The van der Waals surface area contributed by atoms with Crippen LogP contribution in [0.4, 0.5) is 5.69 Å². The highest BCUT2D eigenvalue weighted by Crippen LogP contribution is 2.32. The van der Waals surface area contributed by atoms with E-state index >= 15 is 0 Å². The Kier molecular flexibility index (Phi) is 3.47. The number of benzene rings is 1. The summed E-state index contributed by atoms with van der Waals surface area (Å²) in [5, 5.41) is 7.67. The molecule has 1 saturated carbocycles. The average molecular weight is 271 g/mol. The number of anilines is 1. The maximum atomic E-state index is 5.05. The van der Waals surface area contributed by atoms with Crippen molar-refractivity contribution < 1.29 is 4.52 Å². The molecular weight excluding hydrogens is 250 g/mol. The van der Waals surface area contributed by atoms with E-state index in [1.165, 1.54) is 32.1 Å². The molecule has 0 amide bonds. The molecule has 0 aliphatic heterocycles. The van der Waals surface area contributed by atoms with Crippen LogP contribution in [-0.4, -0.2) is 15.7 Å². The van der Waals surface area contributed by atoms with E-state index in [2.05, 4.69) is 34.5 Å². The van der Waals surface area contributed by atoms with Gasteiger partial charge < -0.3 is 9.84 Å². The summed E-state index contributed by atoms with van der Waals surface area (Å²) in [7, 11) is 0. The molecule has 0 radical (unpaired) electrons. The Morgan fingerprint density at radius 1 is 1.20 bits per heavy atom. The lowest BCUT2D eigenvalue weighted by molar-refractivity contribution is 0.349. The molecule has 1 N–H and O–H groups in total. The fraction of sp³-hybridized carbons (Fsp3) is 0.500. The van der Waals surface area contributed by atoms with Crippen LogP contribution in [0.3, 0.4) is 0 Å². The van der Waals surface area contributed by atoms with Crippen molar-refractivity contribution in [3.05, 3.63) is 30.2 Å². The molecule has 1 aliphatic carbocycles. The van der Waals surface area contributed by atoms with Crippen LogP contribution in [0.5, 0.6) is 0 Å². The number of aryl methyl sites for hydroxylation is 1. The third-order valence-corrected chi connectivity index (χ3v) is 4.05. The predicted octanol–water partition coefficient (Wildman–Crippen LogP) is 4.18. The van der Waals surface area contributed by atoms with E-state index in [-0.39, 0.29) is 5.54 Å². The van der Waals surface area contributed by atoms with Crippen molar-refractivity contribution >= 4 is 5.69 Å². The second-order valence-electron chi connectivity index (χ2n) is 5.96. The fourth-order valence-corrected chi connectivity index (χ4v) is 2.96. The van der Waals surface area contributed by atoms with E-state index in [1.54, 1.807) is 0 Å². The second-order valence-corrected chi connectivity index (χ2v) is 5.96.